The normalized spacial score (nSPS) is 15.7. The number of benzene rings is 2. The van der Waals surface area contributed by atoms with Crippen molar-refractivity contribution in [3.05, 3.63) is 59.2 Å². The minimum absolute atomic E-state index is 0.0881. The first-order chi connectivity index (χ1) is 15.9. The Morgan fingerprint density at radius 3 is 2.29 bits per heavy atom. The Balaban J connectivity index is 1.63. The SMILES string of the molecule is Cc1ccc(S(=O)(=O)N2CCC(C(=O)Nc3ccccc3C(=O)NCC(F)(F)F)CC2)cc1C. The average Bonchev–Trinajstić information content (AvgIpc) is 2.79. The Morgan fingerprint density at radius 1 is 1.03 bits per heavy atom. The van der Waals surface area contributed by atoms with Crippen LogP contribution in [0.4, 0.5) is 18.9 Å². The Kier molecular flexibility index (Phi) is 7.67. The quantitative estimate of drug-likeness (QED) is 0.637. The first-order valence-electron chi connectivity index (χ1n) is 10.7. The van der Waals surface area contributed by atoms with E-state index in [1.165, 1.54) is 22.5 Å². The number of rotatable bonds is 6. The van der Waals surface area contributed by atoms with Crippen LogP contribution in [0, 0.1) is 19.8 Å². The molecule has 2 aromatic carbocycles. The van der Waals surface area contributed by atoms with E-state index in [2.05, 4.69) is 5.32 Å². The Morgan fingerprint density at radius 2 is 1.68 bits per heavy atom. The maximum atomic E-state index is 13.0. The van der Waals surface area contributed by atoms with E-state index in [4.69, 9.17) is 0 Å². The van der Waals surface area contributed by atoms with Crippen LogP contribution in [0.5, 0.6) is 0 Å². The van der Waals surface area contributed by atoms with Gasteiger partial charge in [0.15, 0.2) is 0 Å². The van der Waals surface area contributed by atoms with Gasteiger partial charge in [-0.15, -0.1) is 0 Å². The third kappa shape index (κ3) is 6.15. The molecule has 2 amide bonds. The molecular weight excluding hydrogens is 471 g/mol. The van der Waals surface area contributed by atoms with Gasteiger partial charge in [-0.05, 0) is 62.1 Å². The van der Waals surface area contributed by atoms with Crippen LogP contribution in [0.1, 0.15) is 34.3 Å². The molecule has 1 fully saturated rings. The first kappa shape index (κ1) is 25.7. The number of sulfonamides is 1. The predicted molar refractivity (Wildman–Crippen MR) is 121 cm³/mol. The highest BCUT2D eigenvalue weighted by atomic mass is 32.2. The van der Waals surface area contributed by atoms with Crippen LogP contribution in [-0.2, 0) is 14.8 Å². The predicted octanol–water partition coefficient (Wildman–Crippen LogP) is 3.63. The number of hydrogen-bond acceptors (Lipinski definition) is 4. The number of amides is 2. The summed E-state index contributed by atoms with van der Waals surface area (Å²) in [5, 5.41) is 4.40. The number of anilines is 1. The van der Waals surface area contributed by atoms with E-state index in [0.717, 1.165) is 11.1 Å². The van der Waals surface area contributed by atoms with Crippen molar-refractivity contribution in [1.82, 2.24) is 9.62 Å². The number of piperidine rings is 1. The summed E-state index contributed by atoms with van der Waals surface area (Å²) in [5.74, 6) is -1.88. The second kappa shape index (κ2) is 10.1. The topological polar surface area (TPSA) is 95.6 Å². The van der Waals surface area contributed by atoms with Crippen molar-refractivity contribution in [1.29, 1.82) is 0 Å². The van der Waals surface area contributed by atoms with Crippen LogP contribution in [-0.4, -0.2) is 50.3 Å². The fourth-order valence-electron chi connectivity index (χ4n) is 3.68. The zero-order chi connectivity index (χ0) is 25.1. The van der Waals surface area contributed by atoms with Gasteiger partial charge in [-0.2, -0.15) is 17.5 Å². The van der Waals surface area contributed by atoms with Crippen molar-refractivity contribution in [2.75, 3.05) is 25.0 Å². The lowest BCUT2D eigenvalue weighted by molar-refractivity contribution is -0.123. The highest BCUT2D eigenvalue weighted by molar-refractivity contribution is 7.89. The van der Waals surface area contributed by atoms with Crippen molar-refractivity contribution in [2.45, 2.75) is 37.8 Å². The monoisotopic (exact) mass is 497 g/mol. The third-order valence-electron chi connectivity index (χ3n) is 5.82. The van der Waals surface area contributed by atoms with Crippen molar-refractivity contribution in [2.24, 2.45) is 5.92 Å². The van der Waals surface area contributed by atoms with E-state index >= 15 is 0 Å². The fraction of sp³-hybridized carbons (Fsp3) is 0.391. The van der Waals surface area contributed by atoms with Crippen LogP contribution in [0.2, 0.25) is 0 Å². The summed E-state index contributed by atoms with van der Waals surface area (Å²) in [6.07, 6.45) is -4.00. The highest BCUT2D eigenvalue weighted by Gasteiger charge is 2.33. The largest absolute Gasteiger partial charge is 0.405 e. The van der Waals surface area contributed by atoms with Crippen LogP contribution in [0.3, 0.4) is 0 Å². The zero-order valence-corrected chi connectivity index (χ0v) is 19.6. The van der Waals surface area contributed by atoms with E-state index in [1.54, 1.807) is 29.6 Å². The number of para-hydroxylation sites is 1. The molecule has 0 bridgehead atoms. The van der Waals surface area contributed by atoms with E-state index in [0.29, 0.717) is 0 Å². The van der Waals surface area contributed by atoms with Gasteiger partial charge in [-0.1, -0.05) is 18.2 Å². The van der Waals surface area contributed by atoms with Gasteiger partial charge in [0.2, 0.25) is 15.9 Å². The van der Waals surface area contributed by atoms with Crippen molar-refractivity contribution >= 4 is 27.5 Å². The molecule has 0 atom stereocenters. The third-order valence-corrected chi connectivity index (χ3v) is 7.71. The average molecular weight is 498 g/mol. The summed E-state index contributed by atoms with van der Waals surface area (Å²) >= 11 is 0. The zero-order valence-electron chi connectivity index (χ0n) is 18.8. The number of nitrogens with zero attached hydrogens (tertiary/aromatic N) is 1. The van der Waals surface area contributed by atoms with Crippen molar-refractivity contribution in [3.63, 3.8) is 0 Å². The molecule has 2 N–H and O–H groups in total. The molecule has 1 aliphatic heterocycles. The summed E-state index contributed by atoms with van der Waals surface area (Å²) in [6.45, 7) is 2.56. The minimum Gasteiger partial charge on any atom is -0.343 e. The van der Waals surface area contributed by atoms with Crippen LogP contribution in [0.25, 0.3) is 0 Å². The van der Waals surface area contributed by atoms with Gasteiger partial charge in [0.05, 0.1) is 16.1 Å². The van der Waals surface area contributed by atoms with Crippen molar-refractivity contribution in [3.8, 4) is 0 Å². The summed E-state index contributed by atoms with van der Waals surface area (Å²) in [6, 6.07) is 10.7. The number of nitrogens with one attached hydrogen (secondary N) is 2. The van der Waals surface area contributed by atoms with Crippen LogP contribution < -0.4 is 10.6 Å². The Hall–Kier alpha value is -2.92. The molecule has 2 aromatic rings. The molecule has 0 saturated carbocycles. The second-order valence-electron chi connectivity index (χ2n) is 8.26. The molecule has 0 aliphatic carbocycles. The lowest BCUT2D eigenvalue weighted by Gasteiger charge is -2.30. The molecule has 0 aromatic heterocycles. The Bertz CT molecular complexity index is 1170. The van der Waals surface area contributed by atoms with Crippen LogP contribution in [0.15, 0.2) is 47.4 Å². The number of carbonyl (C=O) groups is 2. The minimum atomic E-state index is -4.56. The Labute approximate surface area is 196 Å². The second-order valence-corrected chi connectivity index (χ2v) is 10.2. The van der Waals surface area contributed by atoms with E-state index in [9.17, 15) is 31.2 Å². The maximum absolute atomic E-state index is 13.0. The van der Waals surface area contributed by atoms with Gasteiger partial charge in [0.25, 0.3) is 5.91 Å². The van der Waals surface area contributed by atoms with Crippen molar-refractivity contribution < 1.29 is 31.2 Å². The number of carbonyl (C=O) groups excluding carboxylic acids is 2. The molecule has 34 heavy (non-hydrogen) atoms. The molecule has 0 unspecified atom stereocenters. The molecule has 0 radical (unpaired) electrons. The molecule has 3 rings (SSSR count). The molecule has 0 spiro atoms. The smallest absolute Gasteiger partial charge is 0.343 e. The molecule has 1 saturated heterocycles. The maximum Gasteiger partial charge on any atom is 0.405 e. The summed E-state index contributed by atoms with van der Waals surface area (Å²) in [5.41, 5.74) is 1.86. The lowest BCUT2D eigenvalue weighted by atomic mass is 9.97. The highest BCUT2D eigenvalue weighted by Crippen LogP contribution is 2.26. The number of aryl methyl sites for hydroxylation is 2. The van der Waals surface area contributed by atoms with Gasteiger partial charge >= 0.3 is 6.18 Å². The molecule has 7 nitrogen and oxygen atoms in total. The van der Waals surface area contributed by atoms with E-state index in [-0.39, 0.29) is 42.1 Å². The number of hydrogen-bond donors (Lipinski definition) is 2. The molecule has 1 aliphatic rings. The van der Waals surface area contributed by atoms with Gasteiger partial charge in [0.1, 0.15) is 6.54 Å². The molecular formula is C23H26F3N3O4S. The van der Waals surface area contributed by atoms with Gasteiger partial charge < -0.3 is 10.6 Å². The summed E-state index contributed by atoms with van der Waals surface area (Å²) in [4.78, 5) is 25.2. The molecule has 11 heteroatoms. The van der Waals surface area contributed by atoms with E-state index in [1.807, 2.05) is 13.8 Å². The van der Waals surface area contributed by atoms with Gasteiger partial charge in [-0.25, -0.2) is 8.42 Å². The molecule has 184 valence electrons. The van der Waals surface area contributed by atoms with E-state index < -0.39 is 40.5 Å². The number of halogens is 3. The van der Waals surface area contributed by atoms with Gasteiger partial charge in [-0.3, -0.25) is 9.59 Å². The summed E-state index contributed by atoms with van der Waals surface area (Å²) < 4.78 is 64.5. The standard InChI is InChI=1S/C23H26F3N3O4S/c1-15-7-8-18(13-16(15)2)34(32,33)29-11-9-17(10-12-29)21(30)28-20-6-4-3-5-19(20)22(31)27-14-23(24,25)26/h3-8,13,17H,9-12,14H2,1-2H3,(H,27,31)(H,28,30). The lowest BCUT2D eigenvalue weighted by Crippen LogP contribution is -2.41. The number of alkyl halides is 3. The summed E-state index contributed by atoms with van der Waals surface area (Å²) in [7, 11) is -3.69. The fourth-order valence-corrected chi connectivity index (χ4v) is 5.24. The molecule has 1 heterocycles. The van der Waals surface area contributed by atoms with Gasteiger partial charge in [0, 0.05) is 19.0 Å². The van der Waals surface area contributed by atoms with Crippen LogP contribution >= 0.6 is 0 Å². The first-order valence-corrected chi connectivity index (χ1v) is 12.1.